The fraction of sp³-hybridized carbons (Fsp3) is 0.500. The molecular formula is C26H36ClN3O3S. The predicted molar refractivity (Wildman–Crippen MR) is 139 cm³/mol. The van der Waals surface area contributed by atoms with Crippen molar-refractivity contribution in [1.29, 1.82) is 0 Å². The highest BCUT2D eigenvalue weighted by Gasteiger charge is 2.30. The molecule has 1 atom stereocenters. The van der Waals surface area contributed by atoms with Gasteiger partial charge in [-0.2, -0.15) is 4.31 Å². The molecule has 3 rings (SSSR count). The maximum Gasteiger partial charge on any atom is 0.269 e. The number of sulfonamides is 1. The normalized spacial score (nSPS) is 15.6. The molecule has 6 nitrogen and oxygen atoms in total. The quantitative estimate of drug-likeness (QED) is 0.370. The number of unbranched alkanes of at least 4 members (excludes halogenated alkanes) is 4. The number of nitrogens with one attached hydrogen (secondary N) is 1. The lowest BCUT2D eigenvalue weighted by atomic mass is 10.1. The standard InChI is InChI=1S/C26H36ClN3O3S/c1-4-6-10-16-29(17-11-7-5-2)34(32,33)25-19-22(14-15-23(25)27)26(31)28-30-20(3)18-21-12-8-9-13-24(21)30/h8-9,12-15,19-20H,4-7,10-11,16-18H2,1-3H3,(H,28,31). The van der Waals surface area contributed by atoms with Gasteiger partial charge in [-0.05, 0) is 56.0 Å². The number of halogens is 1. The van der Waals surface area contributed by atoms with Crippen molar-refractivity contribution < 1.29 is 13.2 Å². The number of hydrogen-bond donors (Lipinski definition) is 1. The number of hydrogen-bond acceptors (Lipinski definition) is 4. The van der Waals surface area contributed by atoms with Crippen molar-refractivity contribution in [2.45, 2.75) is 76.7 Å². The zero-order chi connectivity index (χ0) is 24.7. The number of fused-ring (bicyclic) bond motifs is 1. The molecule has 0 spiro atoms. The Morgan fingerprint density at radius 3 is 2.35 bits per heavy atom. The molecule has 1 aliphatic heterocycles. The third kappa shape index (κ3) is 6.12. The van der Waals surface area contributed by atoms with Crippen LogP contribution in [-0.2, 0) is 16.4 Å². The molecule has 1 unspecified atom stereocenters. The van der Waals surface area contributed by atoms with Gasteiger partial charge in [0.15, 0.2) is 0 Å². The molecular weight excluding hydrogens is 470 g/mol. The van der Waals surface area contributed by atoms with E-state index >= 15 is 0 Å². The van der Waals surface area contributed by atoms with Gasteiger partial charge in [-0.1, -0.05) is 69.3 Å². The molecule has 0 fully saturated rings. The van der Waals surface area contributed by atoms with Crippen molar-refractivity contribution in [3.05, 3.63) is 58.6 Å². The Labute approximate surface area is 209 Å². The number of carbonyl (C=O) groups is 1. The van der Waals surface area contributed by atoms with Crippen molar-refractivity contribution in [2.24, 2.45) is 0 Å². The summed E-state index contributed by atoms with van der Waals surface area (Å²) in [7, 11) is -3.83. The number of para-hydroxylation sites is 1. The number of rotatable bonds is 12. The Bertz CT molecular complexity index is 1080. The van der Waals surface area contributed by atoms with Crippen LogP contribution in [-0.4, -0.2) is 37.8 Å². The maximum atomic E-state index is 13.6. The van der Waals surface area contributed by atoms with Gasteiger partial charge in [0.05, 0.1) is 16.8 Å². The van der Waals surface area contributed by atoms with E-state index in [1.807, 2.05) is 30.1 Å². The van der Waals surface area contributed by atoms with E-state index in [4.69, 9.17) is 11.6 Å². The largest absolute Gasteiger partial charge is 0.282 e. The second-order valence-electron chi connectivity index (χ2n) is 8.96. The van der Waals surface area contributed by atoms with Crippen LogP contribution in [0.25, 0.3) is 0 Å². The molecule has 2 aromatic rings. The van der Waals surface area contributed by atoms with Gasteiger partial charge in [-0.15, -0.1) is 0 Å². The topological polar surface area (TPSA) is 69.7 Å². The lowest BCUT2D eigenvalue weighted by molar-refractivity contribution is 0.0946. The minimum absolute atomic E-state index is 0.00955. The molecule has 0 aromatic heterocycles. The van der Waals surface area contributed by atoms with Crippen LogP contribution in [0.5, 0.6) is 0 Å². The number of benzene rings is 2. The summed E-state index contributed by atoms with van der Waals surface area (Å²) in [6.07, 6.45) is 6.38. The van der Waals surface area contributed by atoms with E-state index in [2.05, 4.69) is 25.3 Å². The van der Waals surface area contributed by atoms with Crippen LogP contribution in [0.15, 0.2) is 47.4 Å². The summed E-state index contributed by atoms with van der Waals surface area (Å²) in [6.45, 7) is 7.13. The van der Waals surface area contributed by atoms with E-state index in [1.54, 1.807) is 6.07 Å². The van der Waals surface area contributed by atoms with E-state index in [0.29, 0.717) is 13.1 Å². The summed E-state index contributed by atoms with van der Waals surface area (Å²) in [5.74, 6) is -0.361. The summed E-state index contributed by atoms with van der Waals surface area (Å²) in [6, 6.07) is 12.5. The minimum atomic E-state index is -3.83. The zero-order valence-electron chi connectivity index (χ0n) is 20.4. The van der Waals surface area contributed by atoms with Gasteiger partial charge < -0.3 is 0 Å². The smallest absolute Gasteiger partial charge is 0.269 e. The second kappa shape index (κ2) is 12.0. The number of carbonyl (C=O) groups excluding carboxylic acids is 1. The Morgan fingerprint density at radius 1 is 1.06 bits per heavy atom. The average Bonchev–Trinajstić information content (AvgIpc) is 3.13. The van der Waals surface area contributed by atoms with Crippen LogP contribution in [0.1, 0.15) is 75.2 Å². The minimum Gasteiger partial charge on any atom is -0.282 e. The molecule has 8 heteroatoms. The van der Waals surface area contributed by atoms with Gasteiger partial charge in [-0.3, -0.25) is 15.2 Å². The number of nitrogens with zero attached hydrogens (tertiary/aromatic N) is 2. The Balaban J connectivity index is 1.84. The first-order valence-electron chi connectivity index (χ1n) is 12.3. The van der Waals surface area contributed by atoms with E-state index in [9.17, 15) is 13.2 Å². The lowest BCUT2D eigenvalue weighted by Gasteiger charge is -2.26. The first-order valence-corrected chi connectivity index (χ1v) is 14.1. The molecule has 1 amide bonds. The van der Waals surface area contributed by atoms with Gasteiger partial charge in [0.1, 0.15) is 4.90 Å². The summed E-state index contributed by atoms with van der Waals surface area (Å²) < 4.78 is 28.7. The Kier molecular flexibility index (Phi) is 9.39. The molecule has 0 saturated carbocycles. The number of hydrazine groups is 1. The highest BCUT2D eigenvalue weighted by Crippen LogP contribution is 2.31. The van der Waals surface area contributed by atoms with E-state index < -0.39 is 10.0 Å². The van der Waals surface area contributed by atoms with Crippen LogP contribution >= 0.6 is 11.6 Å². The molecule has 1 aliphatic rings. The summed E-state index contributed by atoms with van der Waals surface area (Å²) in [5, 5.41) is 1.98. The fourth-order valence-corrected chi connectivity index (χ4v) is 6.34. The van der Waals surface area contributed by atoms with Gasteiger partial charge in [0, 0.05) is 18.7 Å². The van der Waals surface area contributed by atoms with Crippen LogP contribution in [0.4, 0.5) is 5.69 Å². The van der Waals surface area contributed by atoms with E-state index in [1.165, 1.54) is 22.0 Å². The van der Waals surface area contributed by atoms with Crippen molar-refractivity contribution in [3.8, 4) is 0 Å². The highest BCUT2D eigenvalue weighted by atomic mass is 35.5. The number of anilines is 1. The second-order valence-corrected chi connectivity index (χ2v) is 11.3. The maximum absolute atomic E-state index is 13.6. The average molecular weight is 506 g/mol. The van der Waals surface area contributed by atoms with Gasteiger partial charge in [-0.25, -0.2) is 8.42 Å². The van der Waals surface area contributed by atoms with Crippen molar-refractivity contribution in [1.82, 2.24) is 9.73 Å². The highest BCUT2D eigenvalue weighted by molar-refractivity contribution is 7.89. The van der Waals surface area contributed by atoms with Crippen LogP contribution in [0.2, 0.25) is 5.02 Å². The molecule has 0 aliphatic carbocycles. The zero-order valence-corrected chi connectivity index (χ0v) is 22.0. The third-order valence-electron chi connectivity index (χ3n) is 6.26. The molecule has 0 radical (unpaired) electrons. The Hall–Kier alpha value is -2.09. The SMILES string of the molecule is CCCCCN(CCCCC)S(=O)(=O)c1cc(C(=O)NN2c3ccccc3CC2C)ccc1Cl. The molecule has 1 N–H and O–H groups in total. The van der Waals surface area contributed by atoms with Gasteiger partial charge >= 0.3 is 0 Å². The van der Waals surface area contributed by atoms with E-state index in [0.717, 1.165) is 50.6 Å². The summed E-state index contributed by atoms with van der Waals surface area (Å²) >= 11 is 6.36. The number of amides is 1. The molecule has 2 aromatic carbocycles. The van der Waals surface area contributed by atoms with Crippen LogP contribution in [0.3, 0.4) is 0 Å². The van der Waals surface area contributed by atoms with Crippen molar-refractivity contribution in [2.75, 3.05) is 18.1 Å². The van der Waals surface area contributed by atoms with Crippen molar-refractivity contribution >= 4 is 33.2 Å². The van der Waals surface area contributed by atoms with Crippen LogP contribution < -0.4 is 10.4 Å². The monoisotopic (exact) mass is 505 g/mol. The summed E-state index contributed by atoms with van der Waals surface area (Å²) in [5.41, 5.74) is 5.35. The van der Waals surface area contributed by atoms with Crippen LogP contribution in [0, 0.1) is 0 Å². The Morgan fingerprint density at radius 2 is 1.71 bits per heavy atom. The lowest BCUT2D eigenvalue weighted by Crippen LogP contribution is -2.45. The third-order valence-corrected chi connectivity index (χ3v) is 8.64. The van der Waals surface area contributed by atoms with E-state index in [-0.39, 0.29) is 27.4 Å². The van der Waals surface area contributed by atoms with Crippen molar-refractivity contribution in [3.63, 3.8) is 0 Å². The predicted octanol–water partition coefficient (Wildman–Crippen LogP) is 5.81. The molecule has 34 heavy (non-hydrogen) atoms. The first-order chi connectivity index (χ1) is 16.3. The van der Waals surface area contributed by atoms with Gasteiger partial charge in [0.2, 0.25) is 10.0 Å². The first kappa shape index (κ1) is 26.5. The fourth-order valence-electron chi connectivity index (χ4n) is 4.32. The molecule has 1 heterocycles. The molecule has 0 bridgehead atoms. The summed E-state index contributed by atoms with van der Waals surface area (Å²) in [4.78, 5) is 13.1. The molecule has 0 saturated heterocycles. The van der Waals surface area contributed by atoms with Gasteiger partial charge in [0.25, 0.3) is 5.91 Å². The molecule has 186 valence electrons.